The van der Waals surface area contributed by atoms with Crippen molar-refractivity contribution in [3.05, 3.63) is 58.2 Å². The minimum absolute atomic E-state index is 0.169. The van der Waals surface area contributed by atoms with Crippen molar-refractivity contribution in [3.63, 3.8) is 0 Å². The summed E-state index contributed by atoms with van der Waals surface area (Å²) in [5, 5.41) is 24.4. The van der Waals surface area contributed by atoms with E-state index in [0.29, 0.717) is 19.0 Å². The van der Waals surface area contributed by atoms with Crippen LogP contribution in [0.3, 0.4) is 0 Å². The van der Waals surface area contributed by atoms with Gasteiger partial charge in [-0.2, -0.15) is 9.94 Å². The number of nitriles is 1. The first-order chi connectivity index (χ1) is 17.5. The zero-order valence-electron chi connectivity index (χ0n) is 20.4. The highest BCUT2D eigenvalue weighted by Gasteiger charge is 2.39. The molecule has 2 aromatic heterocycles. The van der Waals surface area contributed by atoms with Gasteiger partial charge in [-0.15, -0.1) is 5.10 Å². The molecule has 0 saturated carbocycles. The monoisotopic (exact) mass is 484 g/mol. The first kappa shape index (κ1) is 22.7. The molecular formula is C25H28N10O. The Balaban J connectivity index is 1.12. The van der Waals surface area contributed by atoms with E-state index in [1.807, 2.05) is 24.8 Å². The zero-order chi connectivity index (χ0) is 24.8. The molecule has 2 aliphatic heterocycles. The summed E-state index contributed by atoms with van der Waals surface area (Å²) >= 11 is 0. The molecule has 11 nitrogen and oxygen atoms in total. The van der Waals surface area contributed by atoms with Crippen LogP contribution >= 0.6 is 0 Å². The molecule has 3 unspecified atom stereocenters. The maximum atomic E-state index is 13.5. The largest absolute Gasteiger partial charge is 0.339 e. The summed E-state index contributed by atoms with van der Waals surface area (Å²) < 4.78 is 1.43. The average molecular weight is 485 g/mol. The van der Waals surface area contributed by atoms with E-state index in [-0.39, 0.29) is 23.9 Å². The number of nitrogens with zero attached hydrogens (tertiary/aromatic N) is 9. The molecule has 0 radical (unpaired) electrons. The van der Waals surface area contributed by atoms with Gasteiger partial charge >= 0.3 is 0 Å². The zero-order valence-corrected chi connectivity index (χ0v) is 20.4. The lowest BCUT2D eigenvalue weighted by Crippen LogP contribution is -2.63. The molecular weight excluding hydrogens is 456 g/mol. The van der Waals surface area contributed by atoms with E-state index in [0.717, 1.165) is 60.4 Å². The summed E-state index contributed by atoms with van der Waals surface area (Å²) in [7, 11) is 0. The van der Waals surface area contributed by atoms with Crippen LogP contribution in [0.1, 0.15) is 51.9 Å². The SMILES string of the molecule is Cc1ccc(C2CN3CCN(C(=O)C4CCc5nc(-n6cnnn6)ncc54)CC3CN2)c(C)c1C#N. The van der Waals surface area contributed by atoms with Gasteiger partial charge in [0, 0.05) is 56.6 Å². The van der Waals surface area contributed by atoms with Crippen LogP contribution in [0.25, 0.3) is 5.95 Å². The van der Waals surface area contributed by atoms with Crippen molar-refractivity contribution >= 4 is 5.91 Å². The molecule has 184 valence electrons. The van der Waals surface area contributed by atoms with Crippen LogP contribution in [-0.2, 0) is 11.2 Å². The quantitative estimate of drug-likeness (QED) is 0.575. The predicted octanol–water partition coefficient (Wildman–Crippen LogP) is 0.828. The molecule has 3 aromatic rings. The van der Waals surface area contributed by atoms with Gasteiger partial charge in [-0.05, 0) is 53.8 Å². The number of tetrazole rings is 1. The third kappa shape index (κ3) is 3.83. The summed E-state index contributed by atoms with van der Waals surface area (Å²) in [6.07, 6.45) is 4.72. The fourth-order valence-electron chi connectivity index (χ4n) is 5.91. The molecule has 11 heteroatoms. The first-order valence-corrected chi connectivity index (χ1v) is 12.4. The van der Waals surface area contributed by atoms with Crippen molar-refractivity contribution in [2.24, 2.45) is 0 Å². The molecule has 3 aliphatic rings. The second kappa shape index (κ2) is 9.04. The highest BCUT2D eigenvalue weighted by atomic mass is 16.2. The second-order valence-electron chi connectivity index (χ2n) is 9.90. The van der Waals surface area contributed by atoms with E-state index in [2.05, 4.69) is 47.8 Å². The van der Waals surface area contributed by atoms with Crippen molar-refractivity contribution in [2.45, 2.75) is 44.7 Å². The number of hydrogen-bond acceptors (Lipinski definition) is 9. The van der Waals surface area contributed by atoms with Crippen molar-refractivity contribution < 1.29 is 4.79 Å². The van der Waals surface area contributed by atoms with Crippen molar-refractivity contribution in [2.75, 3.05) is 32.7 Å². The number of hydrogen-bond donors (Lipinski definition) is 1. The van der Waals surface area contributed by atoms with Gasteiger partial charge in [-0.25, -0.2) is 9.97 Å². The van der Waals surface area contributed by atoms with Gasteiger partial charge in [0.05, 0.1) is 23.2 Å². The first-order valence-electron chi connectivity index (χ1n) is 12.4. The second-order valence-corrected chi connectivity index (χ2v) is 9.90. The van der Waals surface area contributed by atoms with Gasteiger partial charge in [0.25, 0.3) is 5.95 Å². The number of carbonyl (C=O) groups excluding carboxylic acids is 1. The molecule has 6 rings (SSSR count). The maximum Gasteiger partial charge on any atom is 0.253 e. The van der Waals surface area contributed by atoms with Crippen LogP contribution in [0, 0.1) is 25.2 Å². The molecule has 1 aliphatic carbocycles. The number of nitrogens with one attached hydrogen (secondary N) is 1. The van der Waals surface area contributed by atoms with Crippen LogP contribution in [-0.4, -0.2) is 84.6 Å². The number of fused-ring (bicyclic) bond motifs is 2. The minimum atomic E-state index is -0.196. The number of aryl methyl sites for hydroxylation is 2. The number of piperazine rings is 2. The Morgan fingerprint density at radius 2 is 2.08 bits per heavy atom. The fourth-order valence-corrected chi connectivity index (χ4v) is 5.91. The smallest absolute Gasteiger partial charge is 0.253 e. The molecule has 1 amide bonds. The lowest BCUT2D eigenvalue weighted by atomic mass is 9.91. The van der Waals surface area contributed by atoms with Crippen molar-refractivity contribution in [1.29, 1.82) is 5.26 Å². The van der Waals surface area contributed by atoms with E-state index in [4.69, 9.17) is 0 Å². The molecule has 1 aromatic carbocycles. The molecule has 36 heavy (non-hydrogen) atoms. The predicted molar refractivity (Wildman–Crippen MR) is 129 cm³/mol. The molecule has 3 atom stereocenters. The highest BCUT2D eigenvalue weighted by molar-refractivity contribution is 5.85. The van der Waals surface area contributed by atoms with E-state index < -0.39 is 0 Å². The molecule has 2 saturated heterocycles. The van der Waals surface area contributed by atoms with Crippen LogP contribution in [0.5, 0.6) is 0 Å². The van der Waals surface area contributed by atoms with E-state index in [1.165, 1.54) is 16.6 Å². The van der Waals surface area contributed by atoms with E-state index in [1.54, 1.807) is 6.20 Å². The summed E-state index contributed by atoms with van der Waals surface area (Å²) in [5.74, 6) is 0.398. The summed E-state index contributed by atoms with van der Waals surface area (Å²) in [6.45, 7) is 7.99. The standard InChI is InChI=1S/C25H28N10O/c1-15-3-4-18(16(2)20(15)9-26)23-13-33-7-8-34(12-17(33)10-27-23)24(36)19-5-6-22-21(19)11-28-25(30-22)35-14-29-31-32-35/h3-4,11,14,17,19,23,27H,5-8,10,12-13H2,1-2H3. The Hall–Kier alpha value is -3.75. The molecule has 2 fully saturated rings. The Kier molecular flexibility index (Phi) is 5.70. The van der Waals surface area contributed by atoms with Gasteiger partial charge in [-0.3, -0.25) is 9.69 Å². The third-order valence-corrected chi connectivity index (χ3v) is 7.92. The molecule has 4 heterocycles. The Morgan fingerprint density at radius 1 is 1.19 bits per heavy atom. The van der Waals surface area contributed by atoms with Gasteiger partial charge < -0.3 is 10.2 Å². The highest BCUT2D eigenvalue weighted by Crippen LogP contribution is 2.34. The fraction of sp³-hybridized carbons (Fsp3) is 0.480. The van der Waals surface area contributed by atoms with Crippen LogP contribution in [0.4, 0.5) is 0 Å². The third-order valence-electron chi connectivity index (χ3n) is 7.92. The number of benzene rings is 1. The van der Waals surface area contributed by atoms with Gasteiger partial charge in [0.15, 0.2) is 0 Å². The number of amides is 1. The summed E-state index contributed by atoms with van der Waals surface area (Å²) in [4.78, 5) is 27.1. The lowest BCUT2D eigenvalue weighted by Gasteiger charge is -2.47. The van der Waals surface area contributed by atoms with E-state index >= 15 is 0 Å². The Labute approximate surface area is 209 Å². The average Bonchev–Trinajstić information content (AvgIpc) is 3.58. The Bertz CT molecular complexity index is 1350. The number of carbonyl (C=O) groups is 1. The van der Waals surface area contributed by atoms with Crippen LogP contribution < -0.4 is 5.32 Å². The molecule has 0 spiro atoms. The normalized spacial score (nSPS) is 23.7. The topological polar surface area (TPSA) is 129 Å². The van der Waals surface area contributed by atoms with E-state index in [9.17, 15) is 10.1 Å². The van der Waals surface area contributed by atoms with Crippen LogP contribution in [0.15, 0.2) is 24.7 Å². The number of rotatable bonds is 3. The Morgan fingerprint density at radius 3 is 2.89 bits per heavy atom. The lowest BCUT2D eigenvalue weighted by molar-refractivity contribution is -0.136. The van der Waals surface area contributed by atoms with Crippen LogP contribution in [0.2, 0.25) is 0 Å². The van der Waals surface area contributed by atoms with Gasteiger partial charge in [0.2, 0.25) is 5.91 Å². The van der Waals surface area contributed by atoms with Gasteiger partial charge in [-0.1, -0.05) is 12.1 Å². The summed E-state index contributed by atoms with van der Waals surface area (Å²) in [5.41, 5.74) is 5.87. The molecule has 0 bridgehead atoms. The molecule has 1 N–H and O–H groups in total. The van der Waals surface area contributed by atoms with Gasteiger partial charge in [0.1, 0.15) is 6.33 Å². The summed E-state index contributed by atoms with van der Waals surface area (Å²) in [6, 6.07) is 7.01. The number of aromatic nitrogens is 6. The van der Waals surface area contributed by atoms with Crippen molar-refractivity contribution in [1.82, 2.24) is 45.3 Å². The maximum absolute atomic E-state index is 13.5. The van der Waals surface area contributed by atoms with Crippen molar-refractivity contribution in [3.8, 4) is 12.0 Å². The minimum Gasteiger partial charge on any atom is -0.339 e.